The number of carbonyl (C=O) groups excluding carboxylic acids is 1. The van der Waals surface area contributed by atoms with Gasteiger partial charge >= 0.3 is 0 Å². The van der Waals surface area contributed by atoms with E-state index >= 15 is 0 Å². The highest BCUT2D eigenvalue weighted by molar-refractivity contribution is 7.98. The average molecular weight is 452 g/mol. The minimum absolute atomic E-state index is 0.129. The highest BCUT2D eigenvalue weighted by atomic mass is 32.2. The number of ether oxygens (including phenoxy) is 2. The van der Waals surface area contributed by atoms with Crippen LogP contribution in [0.25, 0.3) is 0 Å². The lowest BCUT2D eigenvalue weighted by Gasteiger charge is -2.26. The van der Waals surface area contributed by atoms with Crippen molar-refractivity contribution in [3.63, 3.8) is 0 Å². The lowest BCUT2D eigenvalue weighted by Crippen LogP contribution is -2.31. The molecule has 1 unspecified atom stereocenters. The summed E-state index contributed by atoms with van der Waals surface area (Å²) in [6.45, 7) is 2.52. The van der Waals surface area contributed by atoms with Crippen molar-refractivity contribution in [3.05, 3.63) is 75.6 Å². The van der Waals surface area contributed by atoms with E-state index in [0.29, 0.717) is 40.4 Å². The Hall–Kier alpha value is -3.26. The number of amides is 1. The number of methoxy groups -OCH3 is 1. The monoisotopic (exact) mass is 451 g/mol. The molecule has 0 saturated heterocycles. The van der Waals surface area contributed by atoms with Gasteiger partial charge < -0.3 is 19.8 Å². The molecule has 4 rings (SSSR count). The first-order valence-electron chi connectivity index (χ1n) is 10.5. The second-order valence-electron chi connectivity index (χ2n) is 7.44. The van der Waals surface area contributed by atoms with Crippen molar-refractivity contribution in [2.24, 2.45) is 0 Å². The van der Waals surface area contributed by atoms with E-state index in [4.69, 9.17) is 9.47 Å². The molecule has 0 saturated carbocycles. The van der Waals surface area contributed by atoms with Gasteiger partial charge in [-0.15, -0.1) is 0 Å². The lowest BCUT2D eigenvalue weighted by molar-refractivity contribution is -0.116. The summed E-state index contributed by atoms with van der Waals surface area (Å²) in [6, 6.07) is 15.4. The number of benzene rings is 2. The number of nitrogens with zero attached hydrogens (tertiary/aromatic N) is 1. The summed E-state index contributed by atoms with van der Waals surface area (Å²) in [5, 5.41) is 3.24. The zero-order valence-corrected chi connectivity index (χ0v) is 18.8. The molecule has 2 heterocycles. The van der Waals surface area contributed by atoms with Crippen LogP contribution in [0.4, 0.5) is 5.82 Å². The summed E-state index contributed by atoms with van der Waals surface area (Å²) in [5.41, 5.74) is 2.03. The molecule has 0 bridgehead atoms. The number of thioether (sulfide) groups is 1. The van der Waals surface area contributed by atoms with Gasteiger partial charge in [0.2, 0.25) is 5.91 Å². The first-order valence-corrected chi connectivity index (χ1v) is 11.5. The van der Waals surface area contributed by atoms with E-state index in [1.165, 1.54) is 11.8 Å². The van der Waals surface area contributed by atoms with Crippen molar-refractivity contribution < 1.29 is 14.3 Å². The molecule has 166 valence electrons. The molecule has 0 fully saturated rings. The van der Waals surface area contributed by atoms with Crippen molar-refractivity contribution in [3.8, 4) is 11.5 Å². The number of para-hydroxylation sites is 1. The third kappa shape index (κ3) is 4.65. The van der Waals surface area contributed by atoms with E-state index in [-0.39, 0.29) is 17.9 Å². The van der Waals surface area contributed by atoms with E-state index in [2.05, 4.69) is 15.3 Å². The SMILES string of the molecule is CCCOc1c(OC)cccc1C1CC(=O)Nc2nc(SCc3ccccc3)[nH]c(=O)c21. The van der Waals surface area contributed by atoms with Crippen molar-refractivity contribution in [1.29, 1.82) is 0 Å². The molecule has 1 atom stereocenters. The van der Waals surface area contributed by atoms with Gasteiger partial charge in [-0.05, 0) is 18.1 Å². The standard InChI is InChI=1S/C24H25N3O4S/c1-3-12-31-21-16(10-7-11-18(21)30-2)17-13-19(28)25-22-20(17)23(29)27-24(26-22)32-14-15-8-5-4-6-9-15/h4-11,17H,3,12-14H2,1-2H3,(H2,25,26,27,28,29). The van der Waals surface area contributed by atoms with Crippen LogP contribution < -0.4 is 20.3 Å². The molecule has 3 aromatic rings. The topological polar surface area (TPSA) is 93.3 Å². The Morgan fingerprint density at radius 3 is 2.69 bits per heavy atom. The molecule has 1 aliphatic rings. The summed E-state index contributed by atoms with van der Waals surface area (Å²) >= 11 is 1.42. The van der Waals surface area contributed by atoms with E-state index in [9.17, 15) is 9.59 Å². The van der Waals surface area contributed by atoms with Crippen LogP contribution in [-0.2, 0) is 10.5 Å². The number of hydrogen-bond acceptors (Lipinski definition) is 6. The smallest absolute Gasteiger partial charge is 0.257 e. The van der Waals surface area contributed by atoms with Crippen LogP contribution >= 0.6 is 11.8 Å². The molecule has 1 amide bonds. The summed E-state index contributed by atoms with van der Waals surface area (Å²) in [6.07, 6.45) is 0.952. The summed E-state index contributed by atoms with van der Waals surface area (Å²) < 4.78 is 11.5. The molecule has 0 aliphatic carbocycles. The number of rotatable bonds is 8. The van der Waals surface area contributed by atoms with Crippen molar-refractivity contribution in [1.82, 2.24) is 9.97 Å². The van der Waals surface area contributed by atoms with Gasteiger partial charge in [-0.25, -0.2) is 4.98 Å². The summed E-state index contributed by atoms with van der Waals surface area (Å²) in [7, 11) is 1.57. The highest BCUT2D eigenvalue weighted by Crippen LogP contribution is 2.42. The van der Waals surface area contributed by atoms with Crippen LogP contribution in [0.3, 0.4) is 0 Å². The predicted octanol–water partition coefficient (Wildman–Crippen LogP) is 4.33. The van der Waals surface area contributed by atoms with Gasteiger partial charge in [0.1, 0.15) is 5.82 Å². The zero-order chi connectivity index (χ0) is 22.5. The van der Waals surface area contributed by atoms with Crippen LogP contribution in [0.15, 0.2) is 58.5 Å². The van der Waals surface area contributed by atoms with E-state index in [0.717, 1.165) is 17.5 Å². The van der Waals surface area contributed by atoms with Crippen LogP contribution in [0.5, 0.6) is 11.5 Å². The fraction of sp³-hybridized carbons (Fsp3) is 0.292. The maximum atomic E-state index is 13.1. The van der Waals surface area contributed by atoms with Crippen molar-refractivity contribution in [2.75, 3.05) is 19.0 Å². The molecule has 1 aromatic heterocycles. The van der Waals surface area contributed by atoms with Crippen LogP contribution in [0, 0.1) is 0 Å². The van der Waals surface area contributed by atoms with Gasteiger partial charge in [0, 0.05) is 23.7 Å². The van der Waals surface area contributed by atoms with Gasteiger partial charge in [-0.1, -0.05) is 61.2 Å². The number of fused-ring (bicyclic) bond motifs is 1. The Morgan fingerprint density at radius 2 is 1.94 bits per heavy atom. The number of H-pyrrole nitrogens is 1. The molecular formula is C24H25N3O4S. The van der Waals surface area contributed by atoms with Crippen molar-refractivity contribution in [2.45, 2.75) is 36.6 Å². The maximum Gasteiger partial charge on any atom is 0.257 e. The largest absolute Gasteiger partial charge is 0.493 e. The zero-order valence-electron chi connectivity index (χ0n) is 18.0. The second kappa shape index (κ2) is 9.91. The fourth-order valence-electron chi connectivity index (χ4n) is 3.74. The minimum Gasteiger partial charge on any atom is -0.493 e. The van der Waals surface area contributed by atoms with Gasteiger partial charge in [0.15, 0.2) is 16.7 Å². The Kier molecular flexibility index (Phi) is 6.80. The molecule has 8 heteroatoms. The Balaban J connectivity index is 1.71. The van der Waals surface area contributed by atoms with Gasteiger partial charge in [-0.2, -0.15) is 0 Å². The number of hydrogen-bond donors (Lipinski definition) is 2. The summed E-state index contributed by atoms with van der Waals surface area (Å²) in [4.78, 5) is 33.1. The normalized spacial score (nSPS) is 15.1. The van der Waals surface area contributed by atoms with E-state index < -0.39 is 5.92 Å². The van der Waals surface area contributed by atoms with E-state index in [1.54, 1.807) is 7.11 Å². The third-order valence-corrected chi connectivity index (χ3v) is 6.15. The van der Waals surface area contributed by atoms with Gasteiger partial charge in [0.25, 0.3) is 5.56 Å². The Labute approximate surface area is 190 Å². The average Bonchev–Trinajstić information content (AvgIpc) is 2.81. The first kappa shape index (κ1) is 22.0. The lowest BCUT2D eigenvalue weighted by atomic mass is 9.86. The van der Waals surface area contributed by atoms with Gasteiger partial charge in [-0.3, -0.25) is 9.59 Å². The third-order valence-electron chi connectivity index (χ3n) is 5.20. The van der Waals surface area contributed by atoms with Crippen LogP contribution in [0.2, 0.25) is 0 Å². The number of carbonyl (C=O) groups is 1. The number of anilines is 1. The van der Waals surface area contributed by atoms with Crippen LogP contribution in [0.1, 0.15) is 42.4 Å². The molecule has 2 aromatic carbocycles. The van der Waals surface area contributed by atoms with Gasteiger partial charge in [0.05, 0.1) is 19.3 Å². The maximum absolute atomic E-state index is 13.1. The predicted molar refractivity (Wildman–Crippen MR) is 125 cm³/mol. The summed E-state index contributed by atoms with van der Waals surface area (Å²) in [5.74, 6) is 1.42. The minimum atomic E-state index is -0.481. The quantitative estimate of drug-likeness (QED) is 0.391. The highest BCUT2D eigenvalue weighted by Gasteiger charge is 2.33. The van der Waals surface area contributed by atoms with E-state index in [1.807, 2.05) is 55.5 Å². The van der Waals surface area contributed by atoms with Crippen LogP contribution in [-0.4, -0.2) is 29.6 Å². The molecule has 1 aliphatic heterocycles. The second-order valence-corrected chi connectivity index (χ2v) is 8.40. The molecule has 0 spiro atoms. The van der Waals surface area contributed by atoms with Crippen molar-refractivity contribution >= 4 is 23.5 Å². The molecule has 2 N–H and O–H groups in total. The first-order chi connectivity index (χ1) is 15.6. The number of aromatic amines is 1. The molecule has 0 radical (unpaired) electrons. The number of aromatic nitrogens is 2. The molecule has 7 nitrogen and oxygen atoms in total. The Bertz CT molecular complexity index is 1160. The Morgan fingerprint density at radius 1 is 1.12 bits per heavy atom. The fourth-order valence-corrected chi connectivity index (χ4v) is 4.55. The molecule has 32 heavy (non-hydrogen) atoms. The number of nitrogens with one attached hydrogen (secondary N) is 2. The molecular weight excluding hydrogens is 426 g/mol.